The number of carboxylic acids is 2. The van der Waals surface area contributed by atoms with Crippen molar-refractivity contribution in [1.29, 1.82) is 0 Å². The fourth-order valence-corrected chi connectivity index (χ4v) is 5.72. The summed E-state index contributed by atoms with van der Waals surface area (Å²) in [6, 6.07) is 9.35. The first kappa shape index (κ1) is 29.4. The van der Waals surface area contributed by atoms with Crippen molar-refractivity contribution in [1.82, 2.24) is 15.3 Å². The van der Waals surface area contributed by atoms with Gasteiger partial charge in [-0.1, -0.05) is 0 Å². The standard InChI is InChI=1S/C26H27FN6O7S/c27-20-14-17(4-7-21(20)33-12-8-18(9-13-33)32-25-29-10-1-11-30-25)22(34)31-15-26(28,24(37)38)41(39,40)19-5-2-16(3-6-19)23(35)36/h1-7,10-11,14,18H,8-9,12-13,15,28H2,(H,31,34)(H,35,36)(H,37,38)(H,29,30,32). The topological polar surface area (TPSA) is 205 Å². The van der Waals surface area contributed by atoms with Gasteiger partial charge in [0.05, 0.1) is 22.7 Å². The number of hydrogen-bond donors (Lipinski definition) is 5. The zero-order chi connectivity index (χ0) is 29.8. The minimum atomic E-state index is -4.80. The van der Waals surface area contributed by atoms with Crippen LogP contribution in [-0.2, 0) is 14.6 Å². The highest BCUT2D eigenvalue weighted by Crippen LogP contribution is 2.26. The van der Waals surface area contributed by atoms with Crippen molar-refractivity contribution in [2.24, 2.45) is 5.73 Å². The van der Waals surface area contributed by atoms with Gasteiger partial charge in [0.2, 0.25) is 20.7 Å². The molecule has 1 aromatic heterocycles. The van der Waals surface area contributed by atoms with E-state index in [0.717, 1.165) is 30.3 Å². The Morgan fingerprint density at radius 3 is 2.20 bits per heavy atom. The Hall–Kier alpha value is -4.63. The second-order valence-electron chi connectivity index (χ2n) is 9.35. The van der Waals surface area contributed by atoms with Crippen LogP contribution in [0.3, 0.4) is 0 Å². The van der Waals surface area contributed by atoms with Gasteiger partial charge in [0.1, 0.15) is 5.82 Å². The van der Waals surface area contributed by atoms with Crippen LogP contribution < -0.4 is 21.3 Å². The summed E-state index contributed by atoms with van der Waals surface area (Å²) in [4.78, 5) is 42.3. The summed E-state index contributed by atoms with van der Waals surface area (Å²) in [5.74, 6) is -4.36. The smallest absolute Gasteiger partial charge is 0.341 e. The molecular weight excluding hydrogens is 559 g/mol. The van der Waals surface area contributed by atoms with E-state index >= 15 is 4.39 Å². The van der Waals surface area contributed by atoms with Crippen LogP contribution in [0.4, 0.5) is 16.0 Å². The summed E-state index contributed by atoms with van der Waals surface area (Å²) >= 11 is 0. The van der Waals surface area contributed by atoms with E-state index in [1.165, 1.54) is 12.1 Å². The Morgan fingerprint density at radius 2 is 1.63 bits per heavy atom. The highest BCUT2D eigenvalue weighted by molar-refractivity contribution is 7.93. The quantitative estimate of drug-likeness (QED) is 0.228. The van der Waals surface area contributed by atoms with Gasteiger partial charge in [-0.15, -0.1) is 0 Å². The molecule has 3 aromatic rings. The number of nitrogens with one attached hydrogen (secondary N) is 2. The van der Waals surface area contributed by atoms with Gasteiger partial charge in [-0.3, -0.25) is 4.79 Å². The Bertz CT molecular complexity index is 1550. The number of carbonyl (C=O) groups is 3. The fourth-order valence-electron chi connectivity index (χ4n) is 4.31. The molecule has 1 aliphatic rings. The molecule has 1 unspecified atom stereocenters. The van der Waals surface area contributed by atoms with E-state index in [9.17, 15) is 27.9 Å². The number of rotatable bonds is 10. The lowest BCUT2D eigenvalue weighted by Gasteiger charge is -2.34. The highest BCUT2D eigenvalue weighted by atomic mass is 32.2. The maximum atomic E-state index is 15.0. The van der Waals surface area contributed by atoms with Gasteiger partial charge in [-0.2, -0.15) is 0 Å². The van der Waals surface area contributed by atoms with Crippen molar-refractivity contribution in [3.8, 4) is 0 Å². The molecule has 1 saturated heterocycles. The molecule has 13 nitrogen and oxygen atoms in total. The molecule has 0 saturated carbocycles. The maximum absolute atomic E-state index is 15.0. The van der Waals surface area contributed by atoms with Crippen LogP contribution in [0.1, 0.15) is 33.6 Å². The van der Waals surface area contributed by atoms with E-state index in [0.29, 0.717) is 31.9 Å². The van der Waals surface area contributed by atoms with Crippen molar-refractivity contribution in [2.45, 2.75) is 28.6 Å². The number of amides is 1. The van der Waals surface area contributed by atoms with E-state index < -0.39 is 49.8 Å². The van der Waals surface area contributed by atoms with Crippen LogP contribution in [0.2, 0.25) is 0 Å². The van der Waals surface area contributed by atoms with E-state index in [1.807, 2.05) is 4.90 Å². The SMILES string of the molecule is NC(CNC(=O)c1ccc(N2CCC(Nc3ncccn3)CC2)c(F)c1)(C(=O)O)S(=O)(=O)c1ccc(C(=O)O)cc1. The summed E-state index contributed by atoms with van der Waals surface area (Å²) in [5.41, 5.74) is 5.67. The molecule has 2 aromatic carbocycles. The Kier molecular flexibility index (Phi) is 8.49. The molecule has 1 fully saturated rings. The number of aromatic nitrogens is 2. The monoisotopic (exact) mass is 586 g/mol. The van der Waals surface area contributed by atoms with Gasteiger partial charge in [-0.25, -0.2) is 32.4 Å². The number of piperidine rings is 1. The number of halogens is 1. The summed E-state index contributed by atoms with van der Waals surface area (Å²) < 4.78 is 41.1. The molecule has 41 heavy (non-hydrogen) atoms. The fraction of sp³-hybridized carbons (Fsp3) is 0.269. The Labute approximate surface area is 234 Å². The van der Waals surface area contributed by atoms with E-state index in [1.54, 1.807) is 18.5 Å². The number of carbonyl (C=O) groups excluding carboxylic acids is 1. The minimum absolute atomic E-state index is 0.110. The third-order valence-electron chi connectivity index (χ3n) is 6.71. The van der Waals surface area contributed by atoms with E-state index in [-0.39, 0.29) is 22.9 Å². The van der Waals surface area contributed by atoms with Crippen LogP contribution in [0.5, 0.6) is 0 Å². The van der Waals surface area contributed by atoms with Crippen molar-refractivity contribution in [3.05, 3.63) is 77.9 Å². The lowest BCUT2D eigenvalue weighted by atomic mass is 10.0. The molecule has 4 rings (SSSR count). The second-order valence-corrected chi connectivity index (χ2v) is 11.6. The normalized spacial score (nSPS) is 15.5. The molecule has 15 heteroatoms. The molecule has 0 aliphatic carbocycles. The number of aromatic carboxylic acids is 1. The largest absolute Gasteiger partial charge is 0.479 e. The predicted octanol–water partition coefficient (Wildman–Crippen LogP) is 1.34. The molecule has 0 radical (unpaired) electrons. The van der Waals surface area contributed by atoms with Crippen LogP contribution in [-0.4, -0.2) is 77.0 Å². The lowest BCUT2D eigenvalue weighted by molar-refractivity contribution is -0.139. The number of nitrogens with zero attached hydrogens (tertiary/aromatic N) is 3. The molecular formula is C26H27FN6O7S. The average Bonchev–Trinajstić information content (AvgIpc) is 2.96. The third kappa shape index (κ3) is 6.25. The van der Waals surface area contributed by atoms with E-state index in [2.05, 4.69) is 20.6 Å². The zero-order valence-corrected chi connectivity index (χ0v) is 22.3. The van der Waals surface area contributed by atoms with Crippen LogP contribution >= 0.6 is 0 Å². The number of sulfone groups is 1. The van der Waals surface area contributed by atoms with Gasteiger partial charge in [0.15, 0.2) is 0 Å². The number of anilines is 2. The van der Waals surface area contributed by atoms with Crippen molar-refractivity contribution in [2.75, 3.05) is 29.9 Å². The molecule has 1 aliphatic heterocycles. The maximum Gasteiger partial charge on any atom is 0.341 e. The lowest BCUT2D eigenvalue weighted by Crippen LogP contribution is -2.61. The van der Waals surface area contributed by atoms with Gasteiger partial charge < -0.3 is 31.5 Å². The third-order valence-corrected chi connectivity index (χ3v) is 8.88. The number of hydrogen-bond acceptors (Lipinski definition) is 10. The van der Waals surface area contributed by atoms with Gasteiger partial charge >= 0.3 is 11.9 Å². The molecule has 0 bridgehead atoms. The summed E-state index contributed by atoms with van der Waals surface area (Å²) in [6.07, 6.45) is 4.66. The summed E-state index contributed by atoms with van der Waals surface area (Å²) in [5, 5.41) is 24.1. The van der Waals surface area contributed by atoms with Gasteiger partial charge in [-0.05, 0) is 61.4 Å². The number of nitrogens with two attached hydrogens (primary N) is 1. The molecule has 2 heterocycles. The highest BCUT2D eigenvalue weighted by Gasteiger charge is 2.49. The first-order valence-electron chi connectivity index (χ1n) is 12.4. The van der Waals surface area contributed by atoms with Crippen molar-refractivity contribution >= 4 is 39.3 Å². The summed E-state index contributed by atoms with van der Waals surface area (Å²) in [6.45, 7) is 0.0261. The van der Waals surface area contributed by atoms with Crippen molar-refractivity contribution in [3.63, 3.8) is 0 Å². The van der Waals surface area contributed by atoms with Crippen LogP contribution in [0.15, 0.2) is 65.8 Å². The predicted molar refractivity (Wildman–Crippen MR) is 145 cm³/mol. The molecule has 0 spiro atoms. The van der Waals surface area contributed by atoms with Gasteiger partial charge in [0, 0.05) is 37.1 Å². The van der Waals surface area contributed by atoms with Crippen LogP contribution in [0.25, 0.3) is 0 Å². The molecule has 216 valence electrons. The Balaban J connectivity index is 1.41. The van der Waals surface area contributed by atoms with Crippen molar-refractivity contribution < 1.29 is 37.4 Å². The molecule has 1 atom stereocenters. The summed E-state index contributed by atoms with van der Waals surface area (Å²) in [7, 11) is -4.80. The Morgan fingerprint density at radius 1 is 1.02 bits per heavy atom. The van der Waals surface area contributed by atoms with E-state index in [4.69, 9.17) is 10.8 Å². The minimum Gasteiger partial charge on any atom is -0.479 e. The number of carboxylic acid groups (broad SMARTS) is 2. The first-order chi connectivity index (χ1) is 19.4. The number of aliphatic carboxylic acids is 1. The second kappa shape index (κ2) is 11.9. The first-order valence-corrected chi connectivity index (χ1v) is 13.9. The van der Waals surface area contributed by atoms with Crippen LogP contribution in [0, 0.1) is 5.82 Å². The van der Waals surface area contributed by atoms with Gasteiger partial charge in [0.25, 0.3) is 5.91 Å². The average molecular weight is 587 g/mol. The number of benzene rings is 2. The zero-order valence-electron chi connectivity index (χ0n) is 21.5. The molecule has 1 amide bonds. The molecule has 6 N–H and O–H groups in total.